The molecule has 0 aliphatic carbocycles. The fourth-order valence-electron chi connectivity index (χ4n) is 4.16. The normalized spacial score (nSPS) is 13.4. The molecule has 1 aliphatic rings. The van der Waals surface area contributed by atoms with Gasteiger partial charge in [0.25, 0.3) is 0 Å². The second-order valence-electron chi connectivity index (χ2n) is 8.82. The summed E-state index contributed by atoms with van der Waals surface area (Å²) in [5, 5.41) is 2.87. The Morgan fingerprint density at radius 3 is 2.45 bits per heavy atom. The lowest BCUT2D eigenvalue weighted by Crippen LogP contribution is -2.52. The average Bonchev–Trinajstić information content (AvgIpc) is 2.94. The van der Waals surface area contributed by atoms with E-state index in [2.05, 4.69) is 5.32 Å². The predicted molar refractivity (Wildman–Crippen MR) is 145 cm³/mol. The highest BCUT2D eigenvalue weighted by Gasteiger charge is 2.33. The SMILES string of the molecule is CCCNC(=O)[C@@H](CC)N(Cc1cccc(OC)c1)C(=O)CN(c1ccc2c(c1)OCCO2)S(=O)(=O)CC. The fraction of sp³-hybridized carbons (Fsp3) is 0.481. The van der Waals surface area contributed by atoms with Crippen LogP contribution >= 0.6 is 0 Å². The van der Waals surface area contributed by atoms with E-state index in [-0.39, 0.29) is 23.9 Å². The Labute approximate surface area is 224 Å². The van der Waals surface area contributed by atoms with E-state index in [4.69, 9.17) is 14.2 Å². The smallest absolute Gasteiger partial charge is 0.244 e. The number of carbonyl (C=O) groups excluding carboxylic acids is 2. The summed E-state index contributed by atoms with van der Waals surface area (Å²) in [6, 6.07) is 11.2. The molecule has 11 heteroatoms. The number of carbonyl (C=O) groups is 2. The summed E-state index contributed by atoms with van der Waals surface area (Å²) in [6.45, 7) is 6.14. The highest BCUT2D eigenvalue weighted by Crippen LogP contribution is 2.35. The van der Waals surface area contributed by atoms with Gasteiger partial charge in [-0.05, 0) is 49.6 Å². The molecule has 1 atom stereocenters. The van der Waals surface area contributed by atoms with Crippen molar-refractivity contribution >= 4 is 27.5 Å². The van der Waals surface area contributed by atoms with E-state index in [0.29, 0.717) is 43.4 Å². The highest BCUT2D eigenvalue weighted by molar-refractivity contribution is 7.92. The van der Waals surface area contributed by atoms with Crippen molar-refractivity contribution in [1.82, 2.24) is 10.2 Å². The summed E-state index contributed by atoms with van der Waals surface area (Å²) in [7, 11) is -2.30. The molecular weight excluding hydrogens is 510 g/mol. The second kappa shape index (κ2) is 13.4. The maximum atomic E-state index is 13.9. The van der Waals surface area contributed by atoms with Gasteiger partial charge in [-0.15, -0.1) is 0 Å². The first-order valence-corrected chi connectivity index (χ1v) is 14.4. The number of amides is 2. The molecule has 0 unspecified atom stereocenters. The Kier molecular flexibility index (Phi) is 10.2. The Morgan fingerprint density at radius 1 is 1.05 bits per heavy atom. The number of hydrogen-bond donors (Lipinski definition) is 1. The van der Waals surface area contributed by atoms with Gasteiger partial charge < -0.3 is 24.4 Å². The Bertz CT molecular complexity index is 1220. The Morgan fingerprint density at radius 2 is 1.79 bits per heavy atom. The first-order chi connectivity index (χ1) is 18.2. The van der Waals surface area contributed by atoms with Crippen molar-refractivity contribution in [3.05, 3.63) is 48.0 Å². The Balaban J connectivity index is 1.98. The van der Waals surface area contributed by atoms with Crippen LogP contribution in [0.25, 0.3) is 0 Å². The van der Waals surface area contributed by atoms with Crippen LogP contribution in [0.5, 0.6) is 17.2 Å². The zero-order valence-electron chi connectivity index (χ0n) is 22.4. The van der Waals surface area contributed by atoms with Crippen LogP contribution in [0.4, 0.5) is 5.69 Å². The number of rotatable bonds is 13. The van der Waals surface area contributed by atoms with Crippen LogP contribution in [-0.4, -0.2) is 70.3 Å². The van der Waals surface area contributed by atoms with Crippen molar-refractivity contribution < 1.29 is 32.2 Å². The monoisotopic (exact) mass is 547 g/mol. The molecule has 0 aromatic heterocycles. The first-order valence-electron chi connectivity index (χ1n) is 12.8. The van der Waals surface area contributed by atoms with Crippen LogP contribution < -0.4 is 23.8 Å². The second-order valence-corrected chi connectivity index (χ2v) is 11.0. The van der Waals surface area contributed by atoms with Gasteiger partial charge in [0.05, 0.1) is 18.6 Å². The van der Waals surface area contributed by atoms with Gasteiger partial charge in [0, 0.05) is 19.2 Å². The number of hydrogen-bond acceptors (Lipinski definition) is 7. The standard InChI is InChI=1S/C27H37N3O7S/c1-5-13-28-27(32)23(6-2)29(18-20-9-8-10-22(16-20)35-4)26(31)19-30(38(33,34)7-3)21-11-12-24-25(17-21)37-15-14-36-24/h8-12,16-17,23H,5-7,13-15,18-19H2,1-4H3,(H,28,32)/t23-/m1/s1. The molecule has 3 rings (SSSR count). The summed E-state index contributed by atoms with van der Waals surface area (Å²) < 4.78 is 43.9. The van der Waals surface area contributed by atoms with E-state index in [1.807, 2.05) is 19.9 Å². The summed E-state index contributed by atoms with van der Waals surface area (Å²) in [5.41, 5.74) is 1.04. The minimum atomic E-state index is -3.85. The van der Waals surface area contributed by atoms with Crippen LogP contribution in [0.2, 0.25) is 0 Å². The molecular formula is C27H37N3O7S. The third-order valence-corrected chi connectivity index (χ3v) is 7.96. The summed E-state index contributed by atoms with van der Waals surface area (Å²) >= 11 is 0. The van der Waals surface area contributed by atoms with Gasteiger partial charge in [0.2, 0.25) is 21.8 Å². The molecule has 208 valence electrons. The van der Waals surface area contributed by atoms with Crippen molar-refractivity contribution in [3.63, 3.8) is 0 Å². The first kappa shape index (κ1) is 29.1. The van der Waals surface area contributed by atoms with Crippen molar-refractivity contribution in [2.24, 2.45) is 0 Å². The summed E-state index contributed by atoms with van der Waals surface area (Å²) in [6.07, 6.45) is 1.11. The molecule has 0 saturated heterocycles. The number of nitrogens with one attached hydrogen (secondary N) is 1. The van der Waals surface area contributed by atoms with Crippen LogP contribution in [-0.2, 0) is 26.2 Å². The molecule has 2 amide bonds. The van der Waals surface area contributed by atoms with E-state index < -0.39 is 28.5 Å². The minimum Gasteiger partial charge on any atom is -0.497 e. The maximum absolute atomic E-state index is 13.9. The van der Waals surface area contributed by atoms with E-state index in [1.165, 1.54) is 11.8 Å². The molecule has 2 aromatic carbocycles. The van der Waals surface area contributed by atoms with E-state index in [1.54, 1.807) is 43.5 Å². The van der Waals surface area contributed by atoms with Gasteiger partial charge in [0.1, 0.15) is 31.5 Å². The van der Waals surface area contributed by atoms with E-state index in [9.17, 15) is 18.0 Å². The lowest BCUT2D eigenvalue weighted by atomic mass is 10.1. The number of methoxy groups -OCH3 is 1. The van der Waals surface area contributed by atoms with Gasteiger partial charge in [-0.1, -0.05) is 26.0 Å². The van der Waals surface area contributed by atoms with Crippen LogP contribution in [0.1, 0.15) is 39.2 Å². The molecule has 10 nitrogen and oxygen atoms in total. The molecule has 0 saturated carbocycles. The lowest BCUT2D eigenvalue weighted by Gasteiger charge is -2.33. The summed E-state index contributed by atoms with van der Waals surface area (Å²) in [5.74, 6) is 0.547. The van der Waals surface area contributed by atoms with E-state index >= 15 is 0 Å². The van der Waals surface area contributed by atoms with Crippen molar-refractivity contribution in [1.29, 1.82) is 0 Å². The predicted octanol–water partition coefficient (Wildman–Crippen LogP) is 2.96. The number of benzene rings is 2. The van der Waals surface area contributed by atoms with Crippen molar-refractivity contribution in [2.45, 2.75) is 46.2 Å². The van der Waals surface area contributed by atoms with Crippen LogP contribution in [0.15, 0.2) is 42.5 Å². The van der Waals surface area contributed by atoms with Crippen LogP contribution in [0.3, 0.4) is 0 Å². The minimum absolute atomic E-state index is 0.106. The fourth-order valence-corrected chi connectivity index (χ4v) is 5.21. The van der Waals surface area contributed by atoms with Gasteiger partial charge in [0.15, 0.2) is 11.5 Å². The molecule has 0 bridgehead atoms. The van der Waals surface area contributed by atoms with Gasteiger partial charge in [-0.2, -0.15) is 0 Å². The van der Waals surface area contributed by atoms with E-state index in [0.717, 1.165) is 16.3 Å². The third-order valence-electron chi connectivity index (χ3n) is 6.22. The topological polar surface area (TPSA) is 114 Å². The average molecular weight is 548 g/mol. The lowest BCUT2D eigenvalue weighted by molar-refractivity contribution is -0.140. The van der Waals surface area contributed by atoms with Crippen molar-refractivity contribution in [3.8, 4) is 17.2 Å². The number of fused-ring (bicyclic) bond motifs is 1. The quantitative estimate of drug-likeness (QED) is 0.410. The number of anilines is 1. The molecule has 38 heavy (non-hydrogen) atoms. The number of nitrogens with zero attached hydrogens (tertiary/aromatic N) is 2. The zero-order valence-corrected chi connectivity index (χ0v) is 23.3. The Hall–Kier alpha value is -3.47. The molecule has 0 radical (unpaired) electrons. The van der Waals surface area contributed by atoms with Crippen LogP contribution in [0, 0.1) is 0 Å². The molecule has 1 heterocycles. The zero-order chi connectivity index (χ0) is 27.7. The summed E-state index contributed by atoms with van der Waals surface area (Å²) in [4.78, 5) is 28.4. The molecule has 1 aliphatic heterocycles. The number of sulfonamides is 1. The molecule has 2 aromatic rings. The van der Waals surface area contributed by atoms with Gasteiger partial charge >= 0.3 is 0 Å². The molecule has 0 fully saturated rings. The third kappa shape index (κ3) is 7.09. The molecule has 0 spiro atoms. The van der Waals surface area contributed by atoms with Crippen molar-refractivity contribution in [2.75, 3.05) is 43.5 Å². The number of ether oxygens (including phenoxy) is 3. The van der Waals surface area contributed by atoms with Gasteiger partial charge in [-0.25, -0.2) is 8.42 Å². The largest absolute Gasteiger partial charge is 0.497 e. The maximum Gasteiger partial charge on any atom is 0.244 e. The molecule has 1 N–H and O–H groups in total. The highest BCUT2D eigenvalue weighted by atomic mass is 32.2. The van der Waals surface area contributed by atoms with Gasteiger partial charge in [-0.3, -0.25) is 13.9 Å².